The molecule has 1 aliphatic heterocycles. The molecule has 0 aromatic carbocycles. The molecule has 5 atom stereocenters. The van der Waals surface area contributed by atoms with Crippen LogP contribution in [-0.4, -0.2) is 55.2 Å². The molecule has 1 heterocycles. The third kappa shape index (κ3) is 5.16. The van der Waals surface area contributed by atoms with Gasteiger partial charge >= 0.3 is 11.9 Å². The van der Waals surface area contributed by atoms with E-state index in [4.69, 9.17) is 18.9 Å². The van der Waals surface area contributed by atoms with E-state index >= 15 is 0 Å². The Bertz CT molecular complexity index is 361. The minimum Gasteiger partial charge on any atom is -0.463 e. The minimum atomic E-state index is -0.587. The van der Waals surface area contributed by atoms with Crippen molar-refractivity contribution in [3.05, 3.63) is 0 Å². The largest absolute Gasteiger partial charge is 0.463 e. The first-order chi connectivity index (χ1) is 9.90. The average molecular weight is 320 g/mol. The van der Waals surface area contributed by atoms with E-state index in [0.717, 1.165) is 5.75 Å². The van der Waals surface area contributed by atoms with Crippen molar-refractivity contribution in [1.82, 2.24) is 0 Å². The van der Waals surface area contributed by atoms with E-state index in [-0.39, 0.29) is 24.1 Å². The number of esters is 2. The number of hydrogen-bond donors (Lipinski definition) is 0. The van der Waals surface area contributed by atoms with Crippen LogP contribution in [0, 0.1) is 5.92 Å². The molecule has 21 heavy (non-hydrogen) atoms. The lowest BCUT2D eigenvalue weighted by Crippen LogP contribution is -2.56. The summed E-state index contributed by atoms with van der Waals surface area (Å²) in [5, 5.41) is 0. The molecule has 0 spiro atoms. The molecular formula is C14H24O6S. The molecule has 122 valence electrons. The number of carbonyl (C=O) groups is 2. The van der Waals surface area contributed by atoms with Crippen molar-refractivity contribution >= 4 is 23.7 Å². The minimum absolute atomic E-state index is 0.0423. The molecule has 0 aromatic rings. The molecule has 0 saturated carbocycles. The Kier molecular flexibility index (Phi) is 7.48. The summed E-state index contributed by atoms with van der Waals surface area (Å²) in [5.74, 6) is 0.141. The van der Waals surface area contributed by atoms with Crippen LogP contribution in [0.1, 0.15) is 27.7 Å². The fourth-order valence-corrected chi connectivity index (χ4v) is 3.42. The lowest BCUT2D eigenvalue weighted by molar-refractivity contribution is -0.212. The molecule has 0 N–H and O–H groups in total. The maximum absolute atomic E-state index is 11.3. The SMILES string of the molecule is CCSC1OC(COC(C)=O)[C@H](OC(C)=O)[C@H](OC)[C@H]1C. The zero-order valence-electron chi connectivity index (χ0n) is 13.2. The summed E-state index contributed by atoms with van der Waals surface area (Å²) in [5.41, 5.74) is -0.0904. The van der Waals surface area contributed by atoms with Crippen molar-refractivity contribution in [3.8, 4) is 0 Å². The highest BCUT2D eigenvalue weighted by molar-refractivity contribution is 7.99. The van der Waals surface area contributed by atoms with E-state index in [9.17, 15) is 9.59 Å². The summed E-state index contributed by atoms with van der Waals surface area (Å²) >= 11 is 1.66. The van der Waals surface area contributed by atoms with Crippen LogP contribution in [0.2, 0.25) is 0 Å². The Hall–Kier alpha value is -0.790. The van der Waals surface area contributed by atoms with Gasteiger partial charge in [0.2, 0.25) is 0 Å². The monoisotopic (exact) mass is 320 g/mol. The zero-order chi connectivity index (χ0) is 16.0. The molecule has 0 amide bonds. The lowest BCUT2D eigenvalue weighted by Gasteiger charge is -2.43. The Morgan fingerprint density at radius 1 is 1.19 bits per heavy atom. The van der Waals surface area contributed by atoms with E-state index in [2.05, 4.69) is 0 Å². The van der Waals surface area contributed by atoms with Crippen LogP contribution in [0.4, 0.5) is 0 Å². The van der Waals surface area contributed by atoms with Gasteiger partial charge in [0.15, 0.2) is 6.10 Å². The van der Waals surface area contributed by atoms with Crippen LogP contribution < -0.4 is 0 Å². The molecule has 1 rings (SSSR count). The molecular weight excluding hydrogens is 296 g/mol. The first kappa shape index (κ1) is 18.3. The number of carbonyl (C=O) groups excluding carboxylic acids is 2. The van der Waals surface area contributed by atoms with Gasteiger partial charge < -0.3 is 18.9 Å². The van der Waals surface area contributed by atoms with Gasteiger partial charge in [-0.2, -0.15) is 0 Å². The molecule has 0 aromatic heterocycles. The summed E-state index contributed by atoms with van der Waals surface area (Å²) in [4.78, 5) is 22.3. The van der Waals surface area contributed by atoms with Crippen LogP contribution in [0.3, 0.4) is 0 Å². The van der Waals surface area contributed by atoms with Crippen LogP contribution in [0.5, 0.6) is 0 Å². The molecule has 0 aliphatic carbocycles. The standard InChI is InChI=1S/C14H24O6S/c1-6-21-14-8(2)12(17-5)13(19-10(4)16)11(20-14)7-18-9(3)15/h8,11-14H,6-7H2,1-5H3/t8-,11?,12-,13+,14?/m1/s1. The predicted molar refractivity (Wildman–Crippen MR) is 78.9 cm³/mol. The summed E-state index contributed by atoms with van der Waals surface area (Å²) < 4.78 is 21.9. The maximum Gasteiger partial charge on any atom is 0.303 e. The Morgan fingerprint density at radius 2 is 1.86 bits per heavy atom. The highest BCUT2D eigenvalue weighted by Gasteiger charge is 2.46. The second-order valence-electron chi connectivity index (χ2n) is 4.93. The van der Waals surface area contributed by atoms with Gasteiger partial charge in [0.25, 0.3) is 0 Å². The maximum atomic E-state index is 11.3. The summed E-state index contributed by atoms with van der Waals surface area (Å²) in [6.45, 7) is 6.76. The van der Waals surface area contributed by atoms with E-state index in [1.807, 2.05) is 13.8 Å². The topological polar surface area (TPSA) is 71.1 Å². The summed E-state index contributed by atoms with van der Waals surface area (Å²) in [6.07, 6.45) is -1.41. The highest BCUT2D eigenvalue weighted by Crippen LogP contribution is 2.35. The third-order valence-electron chi connectivity index (χ3n) is 3.30. The predicted octanol–water partition coefficient (Wildman–Crippen LogP) is 1.61. The zero-order valence-corrected chi connectivity index (χ0v) is 14.0. The van der Waals surface area contributed by atoms with Crippen LogP contribution in [-0.2, 0) is 28.5 Å². The molecule has 1 aliphatic rings. The second kappa shape index (κ2) is 8.60. The number of thioether (sulfide) groups is 1. The third-order valence-corrected chi connectivity index (χ3v) is 4.50. The Labute approximate surface area is 129 Å². The Balaban J connectivity index is 2.89. The van der Waals surface area contributed by atoms with E-state index < -0.39 is 24.1 Å². The van der Waals surface area contributed by atoms with Gasteiger partial charge in [-0.25, -0.2) is 0 Å². The van der Waals surface area contributed by atoms with Gasteiger partial charge in [-0.3, -0.25) is 9.59 Å². The highest BCUT2D eigenvalue weighted by atomic mass is 32.2. The molecule has 7 heteroatoms. The quantitative estimate of drug-likeness (QED) is 0.689. The first-order valence-corrected chi connectivity index (χ1v) is 8.06. The molecule has 0 radical (unpaired) electrons. The molecule has 6 nitrogen and oxygen atoms in total. The lowest BCUT2D eigenvalue weighted by atomic mass is 9.93. The van der Waals surface area contributed by atoms with Crippen molar-refractivity contribution < 1.29 is 28.5 Å². The van der Waals surface area contributed by atoms with Crippen LogP contribution in [0.15, 0.2) is 0 Å². The molecule has 0 bridgehead atoms. The molecule has 2 unspecified atom stereocenters. The van der Waals surface area contributed by atoms with Crippen LogP contribution in [0.25, 0.3) is 0 Å². The van der Waals surface area contributed by atoms with Crippen LogP contribution >= 0.6 is 11.8 Å². The van der Waals surface area contributed by atoms with E-state index in [1.165, 1.54) is 13.8 Å². The van der Waals surface area contributed by atoms with Crippen molar-refractivity contribution in [2.75, 3.05) is 19.5 Å². The average Bonchev–Trinajstić information content (AvgIpc) is 2.40. The van der Waals surface area contributed by atoms with Crippen molar-refractivity contribution in [1.29, 1.82) is 0 Å². The fourth-order valence-electron chi connectivity index (χ4n) is 2.41. The van der Waals surface area contributed by atoms with Crippen molar-refractivity contribution in [3.63, 3.8) is 0 Å². The Morgan fingerprint density at radius 3 is 2.33 bits per heavy atom. The second-order valence-corrected chi connectivity index (χ2v) is 6.31. The smallest absolute Gasteiger partial charge is 0.303 e. The fraction of sp³-hybridized carbons (Fsp3) is 0.857. The van der Waals surface area contributed by atoms with Gasteiger partial charge in [0.1, 0.15) is 24.3 Å². The molecule has 1 fully saturated rings. The van der Waals surface area contributed by atoms with Gasteiger partial charge in [0.05, 0.1) is 0 Å². The summed E-state index contributed by atoms with van der Waals surface area (Å²) in [7, 11) is 1.58. The van der Waals surface area contributed by atoms with E-state index in [0.29, 0.717) is 0 Å². The van der Waals surface area contributed by atoms with Gasteiger partial charge in [-0.1, -0.05) is 13.8 Å². The van der Waals surface area contributed by atoms with Gasteiger partial charge in [-0.15, -0.1) is 11.8 Å². The number of hydrogen-bond acceptors (Lipinski definition) is 7. The van der Waals surface area contributed by atoms with Crippen molar-refractivity contribution in [2.45, 2.75) is 51.4 Å². The van der Waals surface area contributed by atoms with Crippen molar-refractivity contribution in [2.24, 2.45) is 5.92 Å². The first-order valence-electron chi connectivity index (χ1n) is 7.01. The number of rotatable bonds is 6. The van der Waals surface area contributed by atoms with E-state index in [1.54, 1.807) is 18.9 Å². The van der Waals surface area contributed by atoms with Gasteiger partial charge in [0, 0.05) is 26.9 Å². The summed E-state index contributed by atoms with van der Waals surface area (Å²) in [6, 6.07) is 0. The number of methoxy groups -OCH3 is 1. The number of ether oxygens (including phenoxy) is 4. The normalized spacial score (nSPS) is 32.5. The van der Waals surface area contributed by atoms with Gasteiger partial charge in [-0.05, 0) is 5.75 Å². The molecule has 1 saturated heterocycles.